The topological polar surface area (TPSA) is 85.3 Å². The van der Waals surface area contributed by atoms with E-state index in [1.54, 1.807) is 18.4 Å². The first-order valence-electron chi connectivity index (χ1n) is 9.68. The lowest BCUT2D eigenvalue weighted by atomic mass is 10.1. The zero-order valence-electron chi connectivity index (χ0n) is 17.1. The molecule has 0 unspecified atom stereocenters. The van der Waals surface area contributed by atoms with Gasteiger partial charge in [-0.05, 0) is 38.1 Å². The number of carbonyl (C=O) groups excluding carboxylic acids is 1. The van der Waals surface area contributed by atoms with Crippen LogP contribution < -0.4 is 5.43 Å². The fourth-order valence-corrected chi connectivity index (χ4v) is 3.62. The Hall–Kier alpha value is -3.65. The summed E-state index contributed by atoms with van der Waals surface area (Å²) in [5, 5.41) is 13.3. The molecule has 0 atom stereocenters. The van der Waals surface area contributed by atoms with Gasteiger partial charge in [0.05, 0.1) is 18.2 Å². The third-order valence-corrected chi connectivity index (χ3v) is 5.42. The molecule has 2 aromatic heterocycles. The van der Waals surface area contributed by atoms with Crippen molar-refractivity contribution in [2.45, 2.75) is 19.0 Å². The number of nitrogens with zero attached hydrogens (tertiary/aromatic N) is 4. The van der Waals surface area contributed by atoms with Crippen molar-refractivity contribution in [1.29, 1.82) is 0 Å². The highest BCUT2D eigenvalue weighted by atomic mass is 32.2. The SMILES string of the molecule is Cc1ccc(-c2nnc(SCC(=O)NN=Cc3ccco3)n2-c2ccc(C)cc2)cc1. The summed E-state index contributed by atoms with van der Waals surface area (Å²) < 4.78 is 7.11. The van der Waals surface area contributed by atoms with Crippen LogP contribution in [0, 0.1) is 13.8 Å². The van der Waals surface area contributed by atoms with E-state index in [0.29, 0.717) is 10.9 Å². The van der Waals surface area contributed by atoms with Crippen molar-refractivity contribution in [2.75, 3.05) is 5.75 Å². The minimum absolute atomic E-state index is 0.146. The standard InChI is InChI=1S/C23H21N5O2S/c1-16-5-9-18(10-6-16)22-26-27-23(28(22)19-11-7-17(2)8-12-19)31-15-21(29)25-24-14-20-4-3-13-30-20/h3-14H,15H2,1-2H3,(H,25,29). The Balaban J connectivity index is 1.54. The number of amides is 1. The van der Waals surface area contributed by atoms with Crippen molar-refractivity contribution in [3.8, 4) is 17.1 Å². The number of carbonyl (C=O) groups is 1. The van der Waals surface area contributed by atoms with Crippen LogP contribution in [-0.4, -0.2) is 32.6 Å². The molecule has 1 N–H and O–H groups in total. The van der Waals surface area contributed by atoms with Crippen molar-refractivity contribution >= 4 is 23.9 Å². The Morgan fingerprint density at radius 1 is 1.06 bits per heavy atom. The predicted molar refractivity (Wildman–Crippen MR) is 121 cm³/mol. The first kappa shape index (κ1) is 20.6. The van der Waals surface area contributed by atoms with Crippen molar-refractivity contribution in [3.05, 3.63) is 83.8 Å². The third-order valence-electron chi connectivity index (χ3n) is 4.49. The first-order chi connectivity index (χ1) is 15.1. The average molecular weight is 432 g/mol. The molecule has 0 aliphatic heterocycles. The van der Waals surface area contributed by atoms with Crippen LogP contribution in [0.2, 0.25) is 0 Å². The monoisotopic (exact) mass is 431 g/mol. The van der Waals surface area contributed by atoms with Gasteiger partial charge in [0.25, 0.3) is 5.91 Å². The number of benzene rings is 2. The molecule has 1 amide bonds. The van der Waals surface area contributed by atoms with Gasteiger partial charge in [-0.1, -0.05) is 59.3 Å². The van der Waals surface area contributed by atoms with Crippen molar-refractivity contribution < 1.29 is 9.21 Å². The quantitative estimate of drug-likeness (QED) is 0.267. The van der Waals surface area contributed by atoms with Gasteiger partial charge in [0.15, 0.2) is 11.0 Å². The van der Waals surface area contributed by atoms with Gasteiger partial charge in [0.2, 0.25) is 0 Å². The van der Waals surface area contributed by atoms with Crippen LogP contribution in [0.15, 0.2) is 81.6 Å². The molecule has 0 fully saturated rings. The second-order valence-electron chi connectivity index (χ2n) is 6.94. The zero-order valence-corrected chi connectivity index (χ0v) is 18.0. The number of furan rings is 1. The maximum atomic E-state index is 12.2. The molecule has 0 bridgehead atoms. The second kappa shape index (κ2) is 9.44. The second-order valence-corrected chi connectivity index (χ2v) is 7.88. The highest BCUT2D eigenvalue weighted by molar-refractivity contribution is 7.99. The van der Waals surface area contributed by atoms with Gasteiger partial charge < -0.3 is 4.42 Å². The van der Waals surface area contributed by atoms with Crippen LogP contribution >= 0.6 is 11.8 Å². The Morgan fingerprint density at radius 2 is 1.77 bits per heavy atom. The molecule has 0 spiro atoms. The molecular weight excluding hydrogens is 410 g/mol. The van der Waals surface area contributed by atoms with Crippen LogP contribution in [0.5, 0.6) is 0 Å². The summed E-state index contributed by atoms with van der Waals surface area (Å²) in [6.07, 6.45) is 3.00. The van der Waals surface area contributed by atoms with E-state index in [1.165, 1.54) is 23.5 Å². The van der Waals surface area contributed by atoms with Gasteiger partial charge in [0.1, 0.15) is 5.76 Å². The summed E-state index contributed by atoms with van der Waals surface area (Å²) in [4.78, 5) is 12.2. The Morgan fingerprint density at radius 3 is 2.45 bits per heavy atom. The molecule has 0 aliphatic carbocycles. The van der Waals surface area contributed by atoms with E-state index in [9.17, 15) is 4.79 Å². The molecule has 7 nitrogen and oxygen atoms in total. The van der Waals surface area contributed by atoms with E-state index in [2.05, 4.69) is 20.7 Å². The van der Waals surface area contributed by atoms with Crippen molar-refractivity contribution in [2.24, 2.45) is 5.10 Å². The summed E-state index contributed by atoms with van der Waals surface area (Å²) in [7, 11) is 0. The summed E-state index contributed by atoms with van der Waals surface area (Å²) >= 11 is 1.30. The minimum Gasteiger partial charge on any atom is -0.463 e. The maximum absolute atomic E-state index is 12.2. The third kappa shape index (κ3) is 5.10. The molecule has 0 radical (unpaired) electrons. The summed E-state index contributed by atoms with van der Waals surface area (Å²) in [6.45, 7) is 4.09. The molecule has 31 heavy (non-hydrogen) atoms. The fourth-order valence-electron chi connectivity index (χ4n) is 2.87. The van der Waals surface area contributed by atoms with Gasteiger partial charge in [-0.2, -0.15) is 5.10 Å². The van der Waals surface area contributed by atoms with Crippen LogP contribution in [0.1, 0.15) is 16.9 Å². The highest BCUT2D eigenvalue weighted by Gasteiger charge is 2.17. The summed E-state index contributed by atoms with van der Waals surface area (Å²) in [5.74, 6) is 1.19. The normalized spacial score (nSPS) is 11.2. The van der Waals surface area contributed by atoms with E-state index in [4.69, 9.17) is 4.42 Å². The van der Waals surface area contributed by atoms with Crippen molar-refractivity contribution in [3.63, 3.8) is 0 Å². The van der Waals surface area contributed by atoms with Crippen LogP contribution in [0.25, 0.3) is 17.1 Å². The molecule has 4 aromatic rings. The molecule has 0 aliphatic rings. The molecule has 2 heterocycles. The van der Waals surface area contributed by atoms with E-state index < -0.39 is 0 Å². The van der Waals surface area contributed by atoms with Gasteiger partial charge in [0, 0.05) is 11.3 Å². The highest BCUT2D eigenvalue weighted by Crippen LogP contribution is 2.28. The van der Waals surface area contributed by atoms with Crippen LogP contribution in [0.3, 0.4) is 0 Å². The molecule has 2 aromatic carbocycles. The molecule has 8 heteroatoms. The smallest absolute Gasteiger partial charge is 0.250 e. The minimum atomic E-state index is -0.247. The van der Waals surface area contributed by atoms with Crippen LogP contribution in [0.4, 0.5) is 0 Å². The Kier molecular flexibility index (Phi) is 6.28. The number of rotatable bonds is 7. The Bertz CT molecular complexity index is 1180. The first-order valence-corrected chi connectivity index (χ1v) is 10.7. The average Bonchev–Trinajstić information content (AvgIpc) is 3.43. The molecule has 0 saturated heterocycles. The number of hydrogen-bond donors (Lipinski definition) is 1. The van der Waals surface area contributed by atoms with Gasteiger partial charge >= 0.3 is 0 Å². The summed E-state index contributed by atoms with van der Waals surface area (Å²) in [5.41, 5.74) is 6.72. The lowest BCUT2D eigenvalue weighted by Gasteiger charge is -2.11. The Labute approximate surface area is 184 Å². The number of nitrogens with one attached hydrogen (secondary N) is 1. The van der Waals surface area contributed by atoms with Crippen molar-refractivity contribution in [1.82, 2.24) is 20.2 Å². The molecule has 0 saturated carbocycles. The molecule has 4 rings (SSSR count). The lowest BCUT2D eigenvalue weighted by Crippen LogP contribution is -2.19. The van der Waals surface area contributed by atoms with Gasteiger partial charge in [-0.25, -0.2) is 5.43 Å². The van der Waals surface area contributed by atoms with Gasteiger partial charge in [-0.3, -0.25) is 9.36 Å². The molecular formula is C23H21N5O2S. The number of hydrazone groups is 1. The van der Waals surface area contributed by atoms with E-state index in [0.717, 1.165) is 22.6 Å². The lowest BCUT2D eigenvalue weighted by molar-refractivity contribution is -0.118. The summed E-state index contributed by atoms with van der Waals surface area (Å²) in [6, 6.07) is 19.8. The number of aryl methyl sites for hydroxylation is 2. The van der Waals surface area contributed by atoms with E-state index >= 15 is 0 Å². The van der Waals surface area contributed by atoms with E-state index in [-0.39, 0.29) is 11.7 Å². The maximum Gasteiger partial charge on any atom is 0.250 e. The fraction of sp³-hybridized carbons (Fsp3) is 0.130. The van der Waals surface area contributed by atoms with Gasteiger partial charge in [-0.15, -0.1) is 10.2 Å². The number of hydrogen-bond acceptors (Lipinski definition) is 6. The largest absolute Gasteiger partial charge is 0.463 e. The number of aromatic nitrogens is 3. The zero-order chi connectivity index (χ0) is 21.6. The van der Waals surface area contributed by atoms with E-state index in [1.807, 2.05) is 66.9 Å². The number of thioether (sulfide) groups is 1. The predicted octanol–water partition coefficient (Wildman–Crippen LogP) is 4.39. The molecule has 156 valence electrons. The van der Waals surface area contributed by atoms with Crippen LogP contribution in [-0.2, 0) is 4.79 Å².